The summed E-state index contributed by atoms with van der Waals surface area (Å²) < 4.78 is 25.3. The standard InChI is InChI=1S/C9H9N3O4S/c10-4-1-5-12-17(15,16)8-3-2-7(6-11-8)9(13)14/h2-3,6,12H,1,5H2,(H,13,14). The molecule has 0 amide bonds. The maximum Gasteiger partial charge on any atom is 0.337 e. The Bertz CT molecular complexity index is 545. The number of carboxylic acid groups (broad SMARTS) is 1. The van der Waals surface area contributed by atoms with E-state index in [2.05, 4.69) is 9.71 Å². The van der Waals surface area contributed by atoms with Gasteiger partial charge in [-0.05, 0) is 12.1 Å². The number of sulfonamides is 1. The largest absolute Gasteiger partial charge is 0.478 e. The minimum absolute atomic E-state index is 0.0127. The van der Waals surface area contributed by atoms with Gasteiger partial charge in [0.25, 0.3) is 10.0 Å². The highest BCUT2D eigenvalue weighted by Crippen LogP contribution is 2.06. The Hall–Kier alpha value is -1.98. The summed E-state index contributed by atoms with van der Waals surface area (Å²) in [6.07, 6.45) is 1.01. The highest BCUT2D eigenvalue weighted by Gasteiger charge is 2.15. The summed E-state index contributed by atoms with van der Waals surface area (Å²) >= 11 is 0. The molecule has 90 valence electrons. The second-order valence-electron chi connectivity index (χ2n) is 3.00. The number of rotatable bonds is 5. The second kappa shape index (κ2) is 5.38. The molecule has 8 heteroatoms. The van der Waals surface area contributed by atoms with Crippen LogP contribution in [0.25, 0.3) is 0 Å². The molecule has 1 rings (SSSR count). The maximum atomic E-state index is 11.6. The van der Waals surface area contributed by atoms with Crippen molar-refractivity contribution < 1.29 is 18.3 Å². The minimum Gasteiger partial charge on any atom is -0.478 e. The van der Waals surface area contributed by atoms with Gasteiger partial charge in [-0.15, -0.1) is 0 Å². The Morgan fingerprint density at radius 2 is 2.24 bits per heavy atom. The summed E-state index contributed by atoms with van der Waals surface area (Å²) in [7, 11) is -3.78. The molecule has 0 unspecified atom stereocenters. The van der Waals surface area contributed by atoms with Crippen molar-refractivity contribution in [2.45, 2.75) is 11.4 Å². The predicted octanol–water partition coefficient (Wildman–Crippen LogP) is -0.0282. The van der Waals surface area contributed by atoms with Crippen LogP contribution < -0.4 is 4.72 Å². The molecule has 0 aliphatic carbocycles. The van der Waals surface area contributed by atoms with Crippen LogP contribution in [0.2, 0.25) is 0 Å². The van der Waals surface area contributed by atoms with Gasteiger partial charge >= 0.3 is 5.97 Å². The Balaban J connectivity index is 2.86. The van der Waals surface area contributed by atoms with Crippen LogP contribution >= 0.6 is 0 Å². The molecule has 1 aromatic rings. The SMILES string of the molecule is N#CCCNS(=O)(=O)c1ccc(C(=O)O)cn1. The molecule has 0 bridgehead atoms. The number of nitrogens with one attached hydrogen (secondary N) is 1. The Morgan fingerprint density at radius 1 is 1.53 bits per heavy atom. The van der Waals surface area contributed by atoms with Crippen LogP contribution in [0.3, 0.4) is 0 Å². The lowest BCUT2D eigenvalue weighted by atomic mass is 10.3. The van der Waals surface area contributed by atoms with E-state index in [1.807, 2.05) is 0 Å². The van der Waals surface area contributed by atoms with Gasteiger partial charge in [-0.1, -0.05) is 0 Å². The zero-order chi connectivity index (χ0) is 12.9. The Kier molecular flexibility index (Phi) is 4.14. The fraction of sp³-hybridized carbons (Fsp3) is 0.222. The van der Waals surface area contributed by atoms with E-state index >= 15 is 0 Å². The van der Waals surface area contributed by atoms with Crippen molar-refractivity contribution in [1.82, 2.24) is 9.71 Å². The molecule has 7 nitrogen and oxygen atoms in total. The normalized spacial score (nSPS) is 10.8. The first-order valence-electron chi connectivity index (χ1n) is 4.53. The summed E-state index contributed by atoms with van der Waals surface area (Å²) in [4.78, 5) is 14.1. The van der Waals surface area contributed by atoms with Gasteiger partial charge in [0.2, 0.25) is 0 Å². The van der Waals surface area contributed by atoms with Gasteiger partial charge in [-0.2, -0.15) is 5.26 Å². The van der Waals surface area contributed by atoms with Crippen molar-refractivity contribution in [3.05, 3.63) is 23.9 Å². The first-order chi connectivity index (χ1) is 7.97. The number of nitrogens with zero attached hydrogens (tertiary/aromatic N) is 2. The molecule has 0 radical (unpaired) electrons. The molecule has 1 heterocycles. The van der Waals surface area contributed by atoms with Crippen molar-refractivity contribution in [2.75, 3.05) is 6.54 Å². The average molecular weight is 255 g/mol. The number of carbonyl (C=O) groups is 1. The summed E-state index contributed by atoms with van der Waals surface area (Å²) in [5, 5.41) is 16.6. The third-order valence-electron chi connectivity index (χ3n) is 1.79. The van der Waals surface area contributed by atoms with Crippen LogP contribution in [0, 0.1) is 11.3 Å². The van der Waals surface area contributed by atoms with Gasteiger partial charge in [-0.25, -0.2) is 22.9 Å². The molecule has 0 aromatic carbocycles. The summed E-state index contributed by atoms with van der Waals surface area (Å²) in [6, 6.07) is 4.03. The van der Waals surface area contributed by atoms with Crippen LogP contribution in [0.1, 0.15) is 16.8 Å². The van der Waals surface area contributed by atoms with Crippen molar-refractivity contribution in [2.24, 2.45) is 0 Å². The minimum atomic E-state index is -3.78. The van der Waals surface area contributed by atoms with Crippen molar-refractivity contribution in [3.8, 4) is 6.07 Å². The molecule has 0 aliphatic rings. The highest BCUT2D eigenvalue weighted by atomic mass is 32.2. The highest BCUT2D eigenvalue weighted by molar-refractivity contribution is 7.89. The van der Waals surface area contributed by atoms with Crippen LogP contribution in [0.4, 0.5) is 0 Å². The molecule has 0 fully saturated rings. The second-order valence-corrected chi connectivity index (χ2v) is 4.71. The number of hydrogen-bond acceptors (Lipinski definition) is 5. The zero-order valence-electron chi connectivity index (χ0n) is 8.62. The van der Waals surface area contributed by atoms with Crippen LogP contribution in [-0.4, -0.2) is 31.0 Å². The van der Waals surface area contributed by atoms with E-state index in [1.165, 1.54) is 0 Å². The van der Waals surface area contributed by atoms with Crippen LogP contribution in [0.15, 0.2) is 23.4 Å². The van der Waals surface area contributed by atoms with E-state index in [1.54, 1.807) is 6.07 Å². The van der Waals surface area contributed by atoms with E-state index in [0.29, 0.717) is 0 Å². The lowest BCUT2D eigenvalue weighted by Crippen LogP contribution is -2.25. The molecule has 17 heavy (non-hydrogen) atoms. The van der Waals surface area contributed by atoms with E-state index in [9.17, 15) is 13.2 Å². The molecular weight excluding hydrogens is 246 g/mol. The van der Waals surface area contributed by atoms with Crippen molar-refractivity contribution in [3.63, 3.8) is 0 Å². The zero-order valence-corrected chi connectivity index (χ0v) is 9.44. The van der Waals surface area contributed by atoms with E-state index in [4.69, 9.17) is 10.4 Å². The molecule has 0 spiro atoms. The number of aromatic carboxylic acids is 1. The first kappa shape index (κ1) is 13.1. The fourth-order valence-corrected chi connectivity index (χ4v) is 1.94. The summed E-state index contributed by atoms with van der Waals surface area (Å²) in [5.74, 6) is -1.18. The molecule has 0 aliphatic heterocycles. The third kappa shape index (κ3) is 3.51. The van der Waals surface area contributed by atoms with Crippen LogP contribution in [0.5, 0.6) is 0 Å². The maximum absolute atomic E-state index is 11.6. The smallest absolute Gasteiger partial charge is 0.337 e. The van der Waals surface area contributed by atoms with Gasteiger partial charge in [-0.3, -0.25) is 0 Å². The molecule has 1 aromatic heterocycles. The van der Waals surface area contributed by atoms with Gasteiger partial charge in [0.15, 0.2) is 5.03 Å². The van der Waals surface area contributed by atoms with Gasteiger partial charge in [0.05, 0.1) is 11.6 Å². The van der Waals surface area contributed by atoms with Gasteiger partial charge in [0.1, 0.15) is 0 Å². The molecule has 0 saturated carbocycles. The topological polar surface area (TPSA) is 120 Å². The van der Waals surface area contributed by atoms with Gasteiger partial charge in [0, 0.05) is 19.2 Å². The predicted molar refractivity (Wildman–Crippen MR) is 56.6 cm³/mol. The summed E-state index contributed by atoms with van der Waals surface area (Å²) in [5.41, 5.74) is -0.0963. The molecule has 2 N–H and O–H groups in total. The van der Waals surface area contributed by atoms with Crippen molar-refractivity contribution >= 4 is 16.0 Å². The van der Waals surface area contributed by atoms with Crippen molar-refractivity contribution in [1.29, 1.82) is 5.26 Å². The van der Waals surface area contributed by atoms with Gasteiger partial charge < -0.3 is 5.11 Å². The number of carboxylic acids is 1. The average Bonchev–Trinajstić information content (AvgIpc) is 2.29. The van der Waals surface area contributed by atoms with Crippen LogP contribution in [-0.2, 0) is 10.0 Å². The lowest BCUT2D eigenvalue weighted by Gasteiger charge is -2.03. The first-order valence-corrected chi connectivity index (χ1v) is 6.01. The van der Waals surface area contributed by atoms with E-state index in [0.717, 1.165) is 18.3 Å². The number of pyridine rings is 1. The summed E-state index contributed by atoms with van der Waals surface area (Å²) in [6.45, 7) is -0.0127. The monoisotopic (exact) mass is 255 g/mol. The number of nitriles is 1. The molecular formula is C9H9N3O4S. The third-order valence-corrected chi connectivity index (χ3v) is 3.16. The quantitative estimate of drug-likeness (QED) is 0.713. The number of aromatic nitrogens is 1. The Morgan fingerprint density at radius 3 is 2.71 bits per heavy atom. The lowest BCUT2D eigenvalue weighted by molar-refractivity contribution is 0.0696. The molecule has 0 saturated heterocycles. The molecule has 0 atom stereocenters. The van der Waals surface area contributed by atoms with E-state index in [-0.39, 0.29) is 23.6 Å². The van der Waals surface area contributed by atoms with E-state index < -0.39 is 16.0 Å². The fourth-order valence-electron chi connectivity index (χ4n) is 0.981. The Labute approximate surface area is 97.8 Å². The number of hydrogen-bond donors (Lipinski definition) is 2.